The van der Waals surface area contributed by atoms with Gasteiger partial charge in [0.2, 0.25) is 0 Å². The van der Waals surface area contributed by atoms with Gasteiger partial charge in [0.05, 0.1) is 12.7 Å². The molecule has 1 heterocycles. The van der Waals surface area contributed by atoms with Crippen LogP contribution in [-0.2, 0) is 0 Å². The number of nitrogens with zero attached hydrogens (tertiary/aromatic N) is 2. The molecule has 0 saturated carbocycles. The quantitative estimate of drug-likeness (QED) is 0.762. The lowest BCUT2D eigenvalue weighted by molar-refractivity contribution is 0.232. The van der Waals surface area contributed by atoms with Crippen LogP contribution in [0.5, 0.6) is 5.88 Å². The van der Waals surface area contributed by atoms with Gasteiger partial charge >= 0.3 is 0 Å². The van der Waals surface area contributed by atoms with Crippen LogP contribution in [-0.4, -0.2) is 33.8 Å². The van der Waals surface area contributed by atoms with Gasteiger partial charge in [-0.25, -0.2) is 9.97 Å². The van der Waals surface area contributed by atoms with Crippen molar-refractivity contribution in [3.63, 3.8) is 0 Å². The summed E-state index contributed by atoms with van der Waals surface area (Å²) in [5, 5.41) is 11.9. The largest absolute Gasteiger partial charge is 0.472 e. The van der Waals surface area contributed by atoms with E-state index in [4.69, 9.17) is 9.84 Å². The molecule has 1 atom stereocenters. The van der Waals surface area contributed by atoms with E-state index in [1.54, 1.807) is 12.4 Å². The van der Waals surface area contributed by atoms with Crippen molar-refractivity contribution in [3.8, 4) is 5.88 Å². The SMILES string of the molecule is CC(C)Oc1nccnc1N[C@H](C)CO. The maximum atomic E-state index is 8.92. The Morgan fingerprint density at radius 3 is 2.60 bits per heavy atom. The van der Waals surface area contributed by atoms with Gasteiger partial charge in [0.1, 0.15) is 0 Å². The Bertz CT molecular complexity index is 304. The third-order valence-electron chi connectivity index (χ3n) is 1.67. The van der Waals surface area contributed by atoms with Gasteiger partial charge in [0, 0.05) is 18.4 Å². The Morgan fingerprint density at radius 2 is 2.00 bits per heavy atom. The number of aromatic nitrogens is 2. The Kier molecular flexibility index (Phi) is 4.30. The molecule has 1 aromatic rings. The third-order valence-corrected chi connectivity index (χ3v) is 1.67. The van der Waals surface area contributed by atoms with Crippen molar-refractivity contribution >= 4 is 5.82 Å². The van der Waals surface area contributed by atoms with Crippen LogP contribution >= 0.6 is 0 Å². The molecular weight excluding hydrogens is 194 g/mol. The minimum Gasteiger partial charge on any atom is -0.472 e. The van der Waals surface area contributed by atoms with Crippen LogP contribution in [0.25, 0.3) is 0 Å². The van der Waals surface area contributed by atoms with E-state index >= 15 is 0 Å². The Labute approximate surface area is 89.5 Å². The number of hydrogen-bond acceptors (Lipinski definition) is 5. The molecule has 0 fully saturated rings. The lowest BCUT2D eigenvalue weighted by Gasteiger charge is -2.15. The highest BCUT2D eigenvalue weighted by Gasteiger charge is 2.10. The molecule has 0 spiro atoms. The van der Waals surface area contributed by atoms with Gasteiger partial charge in [-0.15, -0.1) is 0 Å². The minimum atomic E-state index is -0.0730. The monoisotopic (exact) mass is 211 g/mol. The van der Waals surface area contributed by atoms with E-state index in [9.17, 15) is 0 Å². The molecule has 0 aliphatic heterocycles. The fourth-order valence-electron chi connectivity index (χ4n) is 1.01. The number of rotatable bonds is 5. The van der Waals surface area contributed by atoms with Gasteiger partial charge in [-0.3, -0.25) is 0 Å². The molecule has 0 bridgehead atoms. The molecule has 0 aliphatic carbocycles. The smallest absolute Gasteiger partial charge is 0.257 e. The summed E-state index contributed by atoms with van der Waals surface area (Å²) in [6.45, 7) is 5.74. The maximum Gasteiger partial charge on any atom is 0.257 e. The molecule has 2 N–H and O–H groups in total. The van der Waals surface area contributed by atoms with Crippen LogP contribution in [0.3, 0.4) is 0 Å². The highest BCUT2D eigenvalue weighted by Crippen LogP contribution is 2.19. The van der Waals surface area contributed by atoms with Crippen molar-refractivity contribution in [3.05, 3.63) is 12.4 Å². The van der Waals surface area contributed by atoms with Crippen molar-refractivity contribution in [2.24, 2.45) is 0 Å². The van der Waals surface area contributed by atoms with E-state index in [-0.39, 0.29) is 18.8 Å². The number of aliphatic hydroxyl groups is 1. The fraction of sp³-hybridized carbons (Fsp3) is 0.600. The van der Waals surface area contributed by atoms with E-state index in [2.05, 4.69) is 15.3 Å². The number of nitrogens with one attached hydrogen (secondary N) is 1. The first kappa shape index (κ1) is 11.7. The van der Waals surface area contributed by atoms with Gasteiger partial charge in [0.15, 0.2) is 5.82 Å². The standard InChI is InChI=1S/C10H17N3O2/c1-7(2)15-10-9(11-4-5-12-10)13-8(3)6-14/h4-5,7-8,14H,6H2,1-3H3,(H,11,13)/t8-/m1/s1. The predicted octanol–water partition coefficient (Wildman–Crippen LogP) is 1.06. The predicted molar refractivity (Wildman–Crippen MR) is 58.0 cm³/mol. The average molecular weight is 211 g/mol. The highest BCUT2D eigenvalue weighted by atomic mass is 16.5. The zero-order valence-electron chi connectivity index (χ0n) is 9.27. The topological polar surface area (TPSA) is 67.3 Å². The average Bonchev–Trinajstić information content (AvgIpc) is 2.20. The molecule has 5 heteroatoms. The Hall–Kier alpha value is -1.36. The molecule has 0 aliphatic rings. The normalized spacial score (nSPS) is 12.6. The second-order valence-corrected chi connectivity index (χ2v) is 3.60. The Balaban J connectivity index is 2.76. The summed E-state index contributed by atoms with van der Waals surface area (Å²) in [4.78, 5) is 8.19. The molecule has 5 nitrogen and oxygen atoms in total. The molecule has 84 valence electrons. The van der Waals surface area contributed by atoms with Crippen molar-refractivity contribution in [2.75, 3.05) is 11.9 Å². The van der Waals surface area contributed by atoms with Gasteiger partial charge in [-0.2, -0.15) is 0 Å². The first-order valence-electron chi connectivity index (χ1n) is 4.98. The maximum absolute atomic E-state index is 8.92. The van der Waals surface area contributed by atoms with Crippen molar-refractivity contribution in [1.29, 1.82) is 0 Å². The molecule has 0 saturated heterocycles. The number of anilines is 1. The second-order valence-electron chi connectivity index (χ2n) is 3.60. The first-order valence-corrected chi connectivity index (χ1v) is 4.98. The van der Waals surface area contributed by atoms with Crippen LogP contribution in [0.1, 0.15) is 20.8 Å². The molecule has 0 amide bonds. The Morgan fingerprint density at radius 1 is 1.33 bits per heavy atom. The summed E-state index contributed by atoms with van der Waals surface area (Å²) in [6, 6.07) is -0.0730. The van der Waals surface area contributed by atoms with E-state index in [0.717, 1.165) is 0 Å². The summed E-state index contributed by atoms with van der Waals surface area (Å²) in [5.41, 5.74) is 0. The van der Waals surface area contributed by atoms with E-state index < -0.39 is 0 Å². The fourth-order valence-corrected chi connectivity index (χ4v) is 1.01. The third kappa shape index (κ3) is 3.71. The summed E-state index contributed by atoms with van der Waals surface area (Å²) in [6.07, 6.45) is 3.21. The summed E-state index contributed by atoms with van der Waals surface area (Å²) in [5.74, 6) is 1.03. The van der Waals surface area contributed by atoms with Crippen LogP contribution in [0.2, 0.25) is 0 Å². The lowest BCUT2D eigenvalue weighted by atomic mass is 10.3. The molecule has 0 radical (unpaired) electrons. The summed E-state index contributed by atoms with van der Waals surface area (Å²) >= 11 is 0. The van der Waals surface area contributed by atoms with E-state index in [1.807, 2.05) is 20.8 Å². The number of aliphatic hydroxyl groups excluding tert-OH is 1. The van der Waals surface area contributed by atoms with Crippen molar-refractivity contribution in [1.82, 2.24) is 9.97 Å². The zero-order chi connectivity index (χ0) is 11.3. The van der Waals surface area contributed by atoms with Gasteiger partial charge < -0.3 is 15.2 Å². The molecule has 15 heavy (non-hydrogen) atoms. The highest BCUT2D eigenvalue weighted by molar-refractivity contribution is 5.45. The van der Waals surface area contributed by atoms with E-state index in [1.165, 1.54) is 0 Å². The summed E-state index contributed by atoms with van der Waals surface area (Å²) < 4.78 is 5.47. The summed E-state index contributed by atoms with van der Waals surface area (Å²) in [7, 11) is 0. The molecular formula is C10H17N3O2. The van der Waals surface area contributed by atoms with Crippen molar-refractivity contribution in [2.45, 2.75) is 32.9 Å². The van der Waals surface area contributed by atoms with Crippen molar-refractivity contribution < 1.29 is 9.84 Å². The second kappa shape index (κ2) is 5.50. The number of ether oxygens (including phenoxy) is 1. The lowest BCUT2D eigenvalue weighted by Crippen LogP contribution is -2.21. The minimum absolute atomic E-state index is 0.0394. The van der Waals surface area contributed by atoms with Gasteiger partial charge in [-0.1, -0.05) is 0 Å². The van der Waals surface area contributed by atoms with Crippen LogP contribution in [0.15, 0.2) is 12.4 Å². The molecule has 1 rings (SSSR count). The van der Waals surface area contributed by atoms with E-state index in [0.29, 0.717) is 11.7 Å². The first-order chi connectivity index (χ1) is 7.13. The van der Waals surface area contributed by atoms with Crippen LogP contribution in [0, 0.1) is 0 Å². The van der Waals surface area contributed by atoms with Gasteiger partial charge in [-0.05, 0) is 20.8 Å². The van der Waals surface area contributed by atoms with Crippen LogP contribution in [0.4, 0.5) is 5.82 Å². The molecule has 0 aromatic carbocycles. The van der Waals surface area contributed by atoms with Crippen LogP contribution < -0.4 is 10.1 Å². The molecule has 0 unspecified atom stereocenters. The zero-order valence-corrected chi connectivity index (χ0v) is 9.27. The molecule has 1 aromatic heterocycles. The number of hydrogen-bond donors (Lipinski definition) is 2. The van der Waals surface area contributed by atoms with Gasteiger partial charge in [0.25, 0.3) is 5.88 Å².